The number of benzene rings is 1. The molecular formula is C12H10FN3OS. The Kier molecular flexibility index (Phi) is 3.78. The molecular weight excluding hydrogens is 253 g/mol. The summed E-state index contributed by atoms with van der Waals surface area (Å²) in [6.45, 7) is 0. The van der Waals surface area contributed by atoms with Gasteiger partial charge >= 0.3 is 0 Å². The van der Waals surface area contributed by atoms with Crippen LogP contribution in [0.3, 0.4) is 0 Å². The van der Waals surface area contributed by atoms with E-state index in [9.17, 15) is 4.39 Å². The van der Waals surface area contributed by atoms with Crippen molar-refractivity contribution >= 4 is 17.6 Å². The van der Waals surface area contributed by atoms with Gasteiger partial charge in [0, 0.05) is 16.0 Å². The molecule has 1 heterocycles. The second-order valence-electron chi connectivity index (χ2n) is 3.39. The molecule has 0 bridgehead atoms. The van der Waals surface area contributed by atoms with Crippen molar-refractivity contribution in [2.45, 2.75) is 9.79 Å². The first-order valence-corrected chi connectivity index (χ1v) is 5.88. The molecule has 0 radical (unpaired) electrons. The molecule has 1 aromatic heterocycles. The van der Waals surface area contributed by atoms with Crippen molar-refractivity contribution in [3.63, 3.8) is 0 Å². The maximum Gasteiger partial charge on any atom is 0.189 e. The lowest BCUT2D eigenvalue weighted by molar-refractivity contribution is 0.318. The third-order valence-corrected chi connectivity index (χ3v) is 3.22. The standard InChI is InChI=1S/C12H10FN3OS/c13-8-3-5-9(6-4-8)18-10-2-1-7-15-11(10)12(14)16-17/h1-7,17H,(H2,14,16). The SMILES string of the molecule is N/C(=N/O)c1ncccc1Sc1ccc(F)cc1. The second-order valence-corrected chi connectivity index (χ2v) is 4.51. The third kappa shape index (κ3) is 2.78. The lowest BCUT2D eigenvalue weighted by atomic mass is 10.3. The highest BCUT2D eigenvalue weighted by Gasteiger charge is 2.09. The normalized spacial score (nSPS) is 11.5. The van der Waals surface area contributed by atoms with Gasteiger partial charge in [-0.3, -0.25) is 4.98 Å². The molecule has 1 aromatic carbocycles. The molecule has 0 saturated carbocycles. The van der Waals surface area contributed by atoms with E-state index in [1.807, 2.05) is 0 Å². The maximum absolute atomic E-state index is 12.8. The summed E-state index contributed by atoms with van der Waals surface area (Å²) in [4.78, 5) is 5.63. The molecule has 0 spiro atoms. The van der Waals surface area contributed by atoms with Crippen molar-refractivity contribution in [1.82, 2.24) is 4.98 Å². The fourth-order valence-corrected chi connectivity index (χ4v) is 2.27. The van der Waals surface area contributed by atoms with Crippen molar-refractivity contribution in [3.05, 3.63) is 54.1 Å². The summed E-state index contributed by atoms with van der Waals surface area (Å²) in [5.74, 6) is -0.345. The molecule has 0 unspecified atom stereocenters. The van der Waals surface area contributed by atoms with Crippen molar-refractivity contribution in [2.75, 3.05) is 0 Å². The minimum absolute atomic E-state index is 0.0554. The maximum atomic E-state index is 12.8. The van der Waals surface area contributed by atoms with Crippen LogP contribution in [0.1, 0.15) is 5.69 Å². The van der Waals surface area contributed by atoms with E-state index in [1.165, 1.54) is 23.9 Å². The quantitative estimate of drug-likeness (QED) is 0.386. The summed E-state index contributed by atoms with van der Waals surface area (Å²) in [5.41, 5.74) is 5.93. The first kappa shape index (κ1) is 12.4. The van der Waals surface area contributed by atoms with Crippen LogP contribution in [0.2, 0.25) is 0 Å². The number of pyridine rings is 1. The van der Waals surface area contributed by atoms with Gasteiger partial charge in [0.05, 0.1) is 0 Å². The van der Waals surface area contributed by atoms with E-state index < -0.39 is 0 Å². The molecule has 6 heteroatoms. The van der Waals surface area contributed by atoms with Crippen molar-refractivity contribution in [1.29, 1.82) is 0 Å². The molecule has 4 nitrogen and oxygen atoms in total. The van der Waals surface area contributed by atoms with Gasteiger partial charge < -0.3 is 10.9 Å². The molecule has 18 heavy (non-hydrogen) atoms. The summed E-state index contributed by atoms with van der Waals surface area (Å²) < 4.78 is 12.8. The molecule has 0 amide bonds. The van der Waals surface area contributed by atoms with Crippen LogP contribution in [-0.2, 0) is 0 Å². The van der Waals surface area contributed by atoms with E-state index in [2.05, 4.69) is 10.1 Å². The smallest absolute Gasteiger partial charge is 0.189 e. The summed E-state index contributed by atoms with van der Waals surface area (Å²) in [6, 6.07) is 9.62. The van der Waals surface area contributed by atoms with Crippen LogP contribution in [0.5, 0.6) is 0 Å². The van der Waals surface area contributed by atoms with Gasteiger partial charge in [-0.2, -0.15) is 0 Å². The van der Waals surface area contributed by atoms with Gasteiger partial charge in [-0.25, -0.2) is 4.39 Å². The zero-order valence-electron chi connectivity index (χ0n) is 9.25. The largest absolute Gasteiger partial charge is 0.409 e. The predicted octanol–water partition coefficient (Wildman–Crippen LogP) is 2.47. The Morgan fingerprint density at radius 1 is 1.28 bits per heavy atom. The number of oxime groups is 1. The van der Waals surface area contributed by atoms with Crippen LogP contribution in [-0.4, -0.2) is 16.0 Å². The Hall–Kier alpha value is -2.08. The van der Waals surface area contributed by atoms with Crippen LogP contribution in [0.4, 0.5) is 4.39 Å². The third-order valence-electron chi connectivity index (χ3n) is 2.16. The monoisotopic (exact) mass is 263 g/mol. The molecule has 2 aromatic rings. The fraction of sp³-hybridized carbons (Fsp3) is 0. The highest BCUT2D eigenvalue weighted by Crippen LogP contribution is 2.29. The Balaban J connectivity index is 2.32. The minimum Gasteiger partial charge on any atom is -0.409 e. The predicted molar refractivity (Wildman–Crippen MR) is 67.3 cm³/mol. The topological polar surface area (TPSA) is 71.5 Å². The summed E-state index contributed by atoms with van der Waals surface area (Å²) >= 11 is 1.37. The molecule has 2 rings (SSSR count). The van der Waals surface area contributed by atoms with Crippen LogP contribution >= 0.6 is 11.8 Å². The van der Waals surface area contributed by atoms with Crippen LogP contribution in [0, 0.1) is 5.82 Å². The average Bonchev–Trinajstić information content (AvgIpc) is 2.41. The molecule has 0 aliphatic carbocycles. The van der Waals surface area contributed by atoms with Gasteiger partial charge in [0.15, 0.2) is 5.84 Å². The fourth-order valence-electron chi connectivity index (χ4n) is 1.34. The zero-order chi connectivity index (χ0) is 13.0. The Labute approximate surface area is 107 Å². The summed E-state index contributed by atoms with van der Waals surface area (Å²) in [5, 5.41) is 11.6. The van der Waals surface area contributed by atoms with Crippen LogP contribution < -0.4 is 5.73 Å². The summed E-state index contributed by atoms with van der Waals surface area (Å²) in [6.07, 6.45) is 1.56. The van der Waals surface area contributed by atoms with E-state index in [-0.39, 0.29) is 11.7 Å². The van der Waals surface area contributed by atoms with Gasteiger partial charge in [-0.1, -0.05) is 16.9 Å². The molecule has 92 valence electrons. The lowest BCUT2D eigenvalue weighted by Gasteiger charge is -2.06. The first-order chi connectivity index (χ1) is 8.70. The second kappa shape index (κ2) is 5.50. The Morgan fingerprint density at radius 3 is 2.67 bits per heavy atom. The van der Waals surface area contributed by atoms with E-state index >= 15 is 0 Å². The van der Waals surface area contributed by atoms with E-state index in [0.717, 1.165) is 9.79 Å². The first-order valence-electron chi connectivity index (χ1n) is 5.07. The van der Waals surface area contributed by atoms with Gasteiger partial charge in [0.1, 0.15) is 11.5 Å². The molecule has 0 saturated heterocycles. The Morgan fingerprint density at radius 2 is 2.00 bits per heavy atom. The zero-order valence-corrected chi connectivity index (χ0v) is 10.1. The molecule has 0 atom stereocenters. The molecule has 3 N–H and O–H groups in total. The summed E-state index contributed by atoms with van der Waals surface area (Å²) in [7, 11) is 0. The van der Waals surface area contributed by atoms with E-state index in [1.54, 1.807) is 30.5 Å². The number of amidine groups is 1. The number of aromatic nitrogens is 1. The Bertz CT molecular complexity index is 572. The van der Waals surface area contributed by atoms with Gasteiger partial charge in [-0.05, 0) is 36.4 Å². The highest BCUT2D eigenvalue weighted by molar-refractivity contribution is 7.99. The van der Waals surface area contributed by atoms with Crippen molar-refractivity contribution in [2.24, 2.45) is 10.9 Å². The number of hydrogen-bond acceptors (Lipinski definition) is 4. The molecule has 0 fully saturated rings. The van der Waals surface area contributed by atoms with Crippen molar-refractivity contribution in [3.8, 4) is 0 Å². The van der Waals surface area contributed by atoms with Crippen molar-refractivity contribution < 1.29 is 9.60 Å². The highest BCUT2D eigenvalue weighted by atomic mass is 32.2. The number of hydrogen-bond donors (Lipinski definition) is 2. The number of nitrogens with zero attached hydrogens (tertiary/aromatic N) is 2. The van der Waals surface area contributed by atoms with Gasteiger partial charge in [0.25, 0.3) is 0 Å². The average molecular weight is 263 g/mol. The van der Waals surface area contributed by atoms with E-state index in [0.29, 0.717) is 5.69 Å². The lowest BCUT2D eigenvalue weighted by Crippen LogP contribution is -2.15. The number of halogens is 1. The minimum atomic E-state index is -0.290. The molecule has 0 aliphatic heterocycles. The number of rotatable bonds is 3. The van der Waals surface area contributed by atoms with Crippen LogP contribution in [0.15, 0.2) is 57.5 Å². The van der Waals surface area contributed by atoms with Crippen LogP contribution in [0.25, 0.3) is 0 Å². The van der Waals surface area contributed by atoms with Gasteiger partial charge in [0.2, 0.25) is 0 Å². The molecule has 0 aliphatic rings. The number of nitrogens with two attached hydrogens (primary N) is 1. The van der Waals surface area contributed by atoms with E-state index in [4.69, 9.17) is 10.9 Å². The van der Waals surface area contributed by atoms with Gasteiger partial charge in [-0.15, -0.1) is 0 Å².